The molecule has 0 unspecified atom stereocenters. The van der Waals surface area contributed by atoms with E-state index in [1.807, 2.05) is 0 Å². The fraction of sp³-hybridized carbons (Fsp3) is 0.333. The molecular weight excluding hydrogens is 238 g/mol. The first-order valence-electron chi connectivity index (χ1n) is 5.39. The normalized spacial score (nSPS) is 9.89. The van der Waals surface area contributed by atoms with Crippen molar-refractivity contribution < 1.29 is 19.2 Å². The number of benzene rings is 1. The standard InChI is InChI=1S/C12H13NO5/c1-3-12(15)9-4-5-10(7-18-8(2)14)11(6-9)13(16)17/h4-6H,3,7H2,1-2H3. The highest BCUT2D eigenvalue weighted by Crippen LogP contribution is 2.22. The molecule has 0 heterocycles. The molecule has 0 atom stereocenters. The fourth-order valence-corrected chi connectivity index (χ4v) is 1.41. The second kappa shape index (κ2) is 5.90. The molecule has 0 aliphatic heterocycles. The van der Waals surface area contributed by atoms with Crippen molar-refractivity contribution in [2.24, 2.45) is 0 Å². The summed E-state index contributed by atoms with van der Waals surface area (Å²) in [5, 5.41) is 10.9. The van der Waals surface area contributed by atoms with Crippen LogP contribution in [-0.4, -0.2) is 16.7 Å². The van der Waals surface area contributed by atoms with E-state index in [4.69, 9.17) is 4.74 Å². The summed E-state index contributed by atoms with van der Waals surface area (Å²) in [4.78, 5) is 32.4. The van der Waals surface area contributed by atoms with Crippen LogP contribution in [0.5, 0.6) is 0 Å². The van der Waals surface area contributed by atoms with E-state index in [1.54, 1.807) is 6.92 Å². The highest BCUT2D eigenvalue weighted by molar-refractivity contribution is 5.96. The molecule has 18 heavy (non-hydrogen) atoms. The van der Waals surface area contributed by atoms with Gasteiger partial charge >= 0.3 is 5.97 Å². The number of ketones is 1. The average molecular weight is 251 g/mol. The van der Waals surface area contributed by atoms with Gasteiger partial charge in [-0.15, -0.1) is 0 Å². The number of hydrogen-bond acceptors (Lipinski definition) is 5. The zero-order valence-corrected chi connectivity index (χ0v) is 10.1. The van der Waals surface area contributed by atoms with Crippen LogP contribution in [0.25, 0.3) is 0 Å². The lowest BCUT2D eigenvalue weighted by Gasteiger charge is -2.05. The number of nitrogens with zero attached hydrogens (tertiary/aromatic N) is 1. The Morgan fingerprint density at radius 3 is 2.56 bits per heavy atom. The van der Waals surface area contributed by atoms with Gasteiger partial charge in [0.2, 0.25) is 0 Å². The summed E-state index contributed by atoms with van der Waals surface area (Å²) in [5.41, 5.74) is 0.342. The number of nitro groups is 1. The molecule has 1 aromatic carbocycles. The number of Topliss-reactive ketones (excluding diaryl/α,β-unsaturated/α-hetero) is 1. The monoisotopic (exact) mass is 251 g/mol. The Labute approximate surface area is 104 Å². The molecule has 0 fully saturated rings. The highest BCUT2D eigenvalue weighted by Gasteiger charge is 2.17. The first-order valence-corrected chi connectivity index (χ1v) is 5.39. The van der Waals surface area contributed by atoms with Gasteiger partial charge in [-0.3, -0.25) is 19.7 Å². The third-order valence-electron chi connectivity index (χ3n) is 2.36. The van der Waals surface area contributed by atoms with Gasteiger partial charge in [-0.2, -0.15) is 0 Å². The molecule has 0 radical (unpaired) electrons. The van der Waals surface area contributed by atoms with Crippen LogP contribution in [0.4, 0.5) is 5.69 Å². The Morgan fingerprint density at radius 1 is 1.39 bits per heavy atom. The minimum absolute atomic E-state index is 0.169. The van der Waals surface area contributed by atoms with Crippen LogP contribution in [0, 0.1) is 10.1 Å². The number of nitro benzene ring substituents is 1. The predicted molar refractivity (Wildman–Crippen MR) is 63.2 cm³/mol. The molecule has 0 bridgehead atoms. The molecular formula is C12H13NO5. The molecule has 0 aromatic heterocycles. The van der Waals surface area contributed by atoms with Crippen LogP contribution in [0.3, 0.4) is 0 Å². The molecule has 0 saturated heterocycles. The number of carbonyl (C=O) groups is 2. The maximum absolute atomic E-state index is 11.5. The summed E-state index contributed by atoms with van der Waals surface area (Å²) in [5.74, 6) is -0.685. The Morgan fingerprint density at radius 2 is 2.06 bits per heavy atom. The zero-order chi connectivity index (χ0) is 13.7. The van der Waals surface area contributed by atoms with E-state index in [9.17, 15) is 19.7 Å². The van der Waals surface area contributed by atoms with Crippen LogP contribution in [0.15, 0.2) is 18.2 Å². The minimum atomic E-state index is -0.592. The van der Waals surface area contributed by atoms with Gasteiger partial charge in [-0.25, -0.2) is 0 Å². The molecule has 0 spiro atoms. The van der Waals surface area contributed by atoms with Gasteiger partial charge in [-0.05, 0) is 6.07 Å². The summed E-state index contributed by atoms with van der Waals surface area (Å²) < 4.78 is 4.72. The SMILES string of the molecule is CCC(=O)c1ccc(COC(C)=O)c([N+](=O)[O-])c1. The van der Waals surface area contributed by atoms with Crippen LogP contribution in [0.1, 0.15) is 36.2 Å². The van der Waals surface area contributed by atoms with Crippen molar-refractivity contribution in [3.05, 3.63) is 39.4 Å². The Kier molecular flexibility index (Phi) is 4.53. The van der Waals surface area contributed by atoms with E-state index in [0.717, 1.165) is 0 Å². The maximum Gasteiger partial charge on any atom is 0.302 e. The van der Waals surface area contributed by atoms with Crippen LogP contribution >= 0.6 is 0 Å². The summed E-state index contributed by atoms with van der Waals surface area (Å²) in [7, 11) is 0. The van der Waals surface area contributed by atoms with Crippen LogP contribution in [0.2, 0.25) is 0 Å². The second-order valence-corrected chi connectivity index (χ2v) is 3.66. The van der Waals surface area contributed by atoms with E-state index < -0.39 is 10.9 Å². The third kappa shape index (κ3) is 3.38. The third-order valence-corrected chi connectivity index (χ3v) is 2.36. The molecule has 96 valence electrons. The quantitative estimate of drug-likeness (QED) is 0.346. The van der Waals surface area contributed by atoms with Crippen LogP contribution in [-0.2, 0) is 16.1 Å². The Bertz CT molecular complexity index is 495. The summed E-state index contributed by atoms with van der Waals surface area (Å²) >= 11 is 0. The van der Waals surface area contributed by atoms with Crippen molar-refractivity contribution in [2.45, 2.75) is 26.9 Å². The van der Waals surface area contributed by atoms with E-state index in [-0.39, 0.29) is 35.6 Å². The van der Waals surface area contributed by atoms with Gasteiger partial charge in [0.05, 0.1) is 10.5 Å². The lowest BCUT2D eigenvalue weighted by molar-refractivity contribution is -0.385. The number of hydrogen-bond donors (Lipinski definition) is 0. The molecule has 1 rings (SSSR count). The van der Waals surface area contributed by atoms with Crippen LogP contribution < -0.4 is 0 Å². The molecule has 0 amide bonds. The van der Waals surface area contributed by atoms with Gasteiger partial charge in [0.15, 0.2) is 5.78 Å². The molecule has 1 aromatic rings. The number of rotatable bonds is 5. The first kappa shape index (κ1) is 13.8. The highest BCUT2D eigenvalue weighted by atomic mass is 16.6. The summed E-state index contributed by atoms with van der Waals surface area (Å²) in [6.45, 7) is 2.73. The zero-order valence-electron chi connectivity index (χ0n) is 10.1. The molecule has 0 aliphatic carbocycles. The smallest absolute Gasteiger partial charge is 0.302 e. The largest absolute Gasteiger partial charge is 0.461 e. The van der Waals surface area contributed by atoms with E-state index in [1.165, 1.54) is 25.1 Å². The first-order chi connectivity index (χ1) is 8.45. The molecule has 0 saturated carbocycles. The van der Waals surface area contributed by atoms with Crippen molar-refractivity contribution in [2.75, 3.05) is 0 Å². The molecule has 0 aliphatic rings. The molecule has 6 nitrogen and oxygen atoms in total. The Hall–Kier alpha value is -2.24. The van der Waals surface area contributed by atoms with E-state index in [0.29, 0.717) is 0 Å². The van der Waals surface area contributed by atoms with Gasteiger partial charge in [0.1, 0.15) is 6.61 Å². The average Bonchev–Trinajstić information content (AvgIpc) is 2.34. The lowest BCUT2D eigenvalue weighted by atomic mass is 10.0. The fourth-order valence-electron chi connectivity index (χ4n) is 1.41. The number of carbonyl (C=O) groups excluding carboxylic acids is 2. The van der Waals surface area contributed by atoms with E-state index in [2.05, 4.69) is 0 Å². The summed E-state index contributed by atoms with van der Waals surface area (Å²) in [6.07, 6.45) is 0.278. The topological polar surface area (TPSA) is 86.5 Å². The minimum Gasteiger partial charge on any atom is -0.461 e. The lowest BCUT2D eigenvalue weighted by Crippen LogP contribution is -2.04. The van der Waals surface area contributed by atoms with Gasteiger partial charge in [-0.1, -0.05) is 13.0 Å². The second-order valence-electron chi connectivity index (χ2n) is 3.66. The van der Waals surface area contributed by atoms with Crippen molar-refractivity contribution in [3.8, 4) is 0 Å². The van der Waals surface area contributed by atoms with Gasteiger partial charge < -0.3 is 4.74 Å². The number of esters is 1. The van der Waals surface area contributed by atoms with Gasteiger partial charge in [0.25, 0.3) is 5.69 Å². The van der Waals surface area contributed by atoms with Crippen molar-refractivity contribution in [1.29, 1.82) is 0 Å². The van der Waals surface area contributed by atoms with Gasteiger partial charge in [0, 0.05) is 25.0 Å². The molecule has 0 N–H and O–H groups in total. The summed E-state index contributed by atoms with van der Waals surface area (Å²) in [6, 6.07) is 4.15. The Balaban J connectivity index is 3.08. The van der Waals surface area contributed by atoms with E-state index >= 15 is 0 Å². The van der Waals surface area contributed by atoms with Crippen molar-refractivity contribution in [1.82, 2.24) is 0 Å². The van der Waals surface area contributed by atoms with Crippen molar-refractivity contribution >= 4 is 17.4 Å². The van der Waals surface area contributed by atoms with Crippen molar-refractivity contribution in [3.63, 3.8) is 0 Å². The predicted octanol–water partition coefficient (Wildman–Crippen LogP) is 2.25. The molecule has 6 heteroatoms. The number of ether oxygens (including phenoxy) is 1. The maximum atomic E-state index is 11.5.